The molecule has 1 aliphatic heterocycles. The van der Waals surface area contributed by atoms with Gasteiger partial charge in [0, 0.05) is 19.6 Å². The largest absolute Gasteiger partial charge is 0.311 e. The van der Waals surface area contributed by atoms with Gasteiger partial charge in [0.15, 0.2) is 0 Å². The van der Waals surface area contributed by atoms with E-state index in [-0.39, 0.29) is 0 Å². The minimum Gasteiger partial charge on any atom is -0.311 e. The van der Waals surface area contributed by atoms with E-state index in [0.717, 1.165) is 25.8 Å². The Hall–Kier alpha value is -0.920. The van der Waals surface area contributed by atoms with Crippen LogP contribution in [0.3, 0.4) is 0 Å². The summed E-state index contributed by atoms with van der Waals surface area (Å²) >= 11 is 0. The molecule has 0 spiro atoms. The zero-order valence-electron chi connectivity index (χ0n) is 13.1. The highest BCUT2D eigenvalue weighted by molar-refractivity contribution is 7.89. The molecule has 1 atom stereocenters. The average Bonchev–Trinajstić information content (AvgIpc) is 3.06. The van der Waals surface area contributed by atoms with Crippen LogP contribution in [0.2, 0.25) is 0 Å². The molecule has 120 valence electrons. The molecule has 0 aliphatic carbocycles. The predicted molar refractivity (Wildman–Crippen MR) is 82.5 cm³/mol. The standard InChI is InChI=1S/C14H26N4O2S/c1-4-7-15-9-13-14(11(3)16-17-13)21(19,20)18-8-6-12(5-2)10-18/h12,15H,4-10H2,1-3H3,(H,16,17). The Morgan fingerprint density at radius 2 is 2.19 bits per heavy atom. The molecule has 1 saturated heterocycles. The van der Waals surface area contributed by atoms with Crippen molar-refractivity contribution >= 4 is 10.0 Å². The molecule has 1 fully saturated rings. The van der Waals surface area contributed by atoms with E-state index >= 15 is 0 Å². The van der Waals surface area contributed by atoms with Crippen LogP contribution in [0, 0.1) is 12.8 Å². The zero-order valence-corrected chi connectivity index (χ0v) is 14.0. The van der Waals surface area contributed by atoms with Crippen LogP contribution in [0.4, 0.5) is 0 Å². The number of hydrogen-bond donors (Lipinski definition) is 2. The van der Waals surface area contributed by atoms with Crippen molar-refractivity contribution in [2.45, 2.75) is 51.5 Å². The van der Waals surface area contributed by atoms with Crippen LogP contribution in [0.1, 0.15) is 44.5 Å². The minimum atomic E-state index is -3.44. The number of H-pyrrole nitrogens is 1. The molecule has 0 bridgehead atoms. The van der Waals surface area contributed by atoms with Crippen molar-refractivity contribution in [3.05, 3.63) is 11.4 Å². The third kappa shape index (κ3) is 3.46. The summed E-state index contributed by atoms with van der Waals surface area (Å²) < 4.78 is 27.4. The predicted octanol–water partition coefficient (Wildman–Crippen LogP) is 1.64. The van der Waals surface area contributed by atoms with E-state index in [1.807, 2.05) is 0 Å². The fourth-order valence-corrected chi connectivity index (χ4v) is 4.65. The van der Waals surface area contributed by atoms with Crippen LogP contribution < -0.4 is 5.32 Å². The van der Waals surface area contributed by atoms with Gasteiger partial charge in [-0.05, 0) is 32.2 Å². The van der Waals surface area contributed by atoms with Crippen molar-refractivity contribution < 1.29 is 8.42 Å². The van der Waals surface area contributed by atoms with E-state index in [9.17, 15) is 8.42 Å². The van der Waals surface area contributed by atoms with Gasteiger partial charge in [0.25, 0.3) is 0 Å². The van der Waals surface area contributed by atoms with Crippen LogP contribution in [-0.4, -0.2) is 42.6 Å². The molecule has 1 unspecified atom stereocenters. The lowest BCUT2D eigenvalue weighted by molar-refractivity contribution is 0.451. The van der Waals surface area contributed by atoms with Gasteiger partial charge in [0.05, 0.1) is 11.4 Å². The lowest BCUT2D eigenvalue weighted by atomic mass is 10.1. The van der Waals surface area contributed by atoms with Crippen LogP contribution >= 0.6 is 0 Å². The second-order valence-corrected chi connectivity index (χ2v) is 7.60. The molecule has 0 radical (unpaired) electrons. The molecule has 2 rings (SSSR count). The number of hydrogen-bond acceptors (Lipinski definition) is 4. The van der Waals surface area contributed by atoms with Crippen molar-refractivity contribution in [2.75, 3.05) is 19.6 Å². The third-order valence-electron chi connectivity index (χ3n) is 4.10. The summed E-state index contributed by atoms with van der Waals surface area (Å²) in [5, 5.41) is 10.2. The maximum absolute atomic E-state index is 12.9. The first kappa shape index (κ1) is 16.5. The molecule has 0 amide bonds. The molecular formula is C14H26N4O2S. The van der Waals surface area contributed by atoms with Gasteiger partial charge in [-0.2, -0.15) is 9.40 Å². The van der Waals surface area contributed by atoms with Gasteiger partial charge in [-0.3, -0.25) is 5.10 Å². The molecular weight excluding hydrogens is 288 g/mol. The highest BCUT2D eigenvalue weighted by Gasteiger charge is 2.35. The van der Waals surface area contributed by atoms with E-state index in [2.05, 4.69) is 29.4 Å². The van der Waals surface area contributed by atoms with Gasteiger partial charge in [0.2, 0.25) is 10.0 Å². The van der Waals surface area contributed by atoms with Gasteiger partial charge in [-0.15, -0.1) is 0 Å². The quantitative estimate of drug-likeness (QED) is 0.750. The van der Waals surface area contributed by atoms with Gasteiger partial charge in [0.1, 0.15) is 4.90 Å². The molecule has 2 heterocycles. The van der Waals surface area contributed by atoms with Gasteiger partial charge in [-0.1, -0.05) is 20.3 Å². The molecule has 1 aromatic heterocycles. The van der Waals surface area contributed by atoms with Crippen LogP contribution in [0.15, 0.2) is 4.90 Å². The Kier molecular flexibility index (Phi) is 5.40. The van der Waals surface area contributed by atoms with Crippen molar-refractivity contribution in [3.8, 4) is 0 Å². The monoisotopic (exact) mass is 314 g/mol. The highest BCUT2D eigenvalue weighted by atomic mass is 32.2. The summed E-state index contributed by atoms with van der Waals surface area (Å²) in [5.41, 5.74) is 1.23. The molecule has 2 N–H and O–H groups in total. The summed E-state index contributed by atoms with van der Waals surface area (Å²) in [6.45, 7) is 8.56. The summed E-state index contributed by atoms with van der Waals surface area (Å²) in [6.07, 6.45) is 2.99. The summed E-state index contributed by atoms with van der Waals surface area (Å²) in [5.74, 6) is 0.480. The van der Waals surface area contributed by atoms with E-state index in [1.165, 1.54) is 0 Å². The Balaban J connectivity index is 2.21. The number of nitrogens with one attached hydrogen (secondary N) is 2. The van der Waals surface area contributed by atoms with Gasteiger partial charge < -0.3 is 5.32 Å². The first-order chi connectivity index (χ1) is 10.0. The normalized spacial score (nSPS) is 20.2. The first-order valence-corrected chi connectivity index (χ1v) is 9.19. The zero-order chi connectivity index (χ0) is 15.5. The number of aryl methyl sites for hydroxylation is 1. The molecule has 6 nitrogen and oxygen atoms in total. The molecule has 0 saturated carbocycles. The van der Waals surface area contributed by atoms with Crippen LogP contribution in [0.5, 0.6) is 0 Å². The molecule has 1 aromatic rings. The molecule has 21 heavy (non-hydrogen) atoms. The summed E-state index contributed by atoms with van der Waals surface area (Å²) in [6, 6.07) is 0. The SMILES string of the molecule is CCCNCc1n[nH]c(C)c1S(=O)(=O)N1CCC(CC)C1. The van der Waals surface area contributed by atoms with E-state index in [4.69, 9.17) is 0 Å². The Morgan fingerprint density at radius 3 is 2.81 bits per heavy atom. The summed E-state index contributed by atoms with van der Waals surface area (Å²) in [4.78, 5) is 0.364. The van der Waals surface area contributed by atoms with E-state index in [1.54, 1.807) is 11.2 Å². The molecule has 0 aromatic carbocycles. The third-order valence-corrected chi connectivity index (χ3v) is 6.17. The molecule has 7 heteroatoms. The Morgan fingerprint density at radius 1 is 1.43 bits per heavy atom. The number of sulfonamides is 1. The fourth-order valence-electron chi connectivity index (χ4n) is 2.79. The van der Waals surface area contributed by atoms with Crippen LogP contribution in [-0.2, 0) is 16.6 Å². The van der Waals surface area contributed by atoms with E-state index in [0.29, 0.717) is 41.8 Å². The number of rotatable bonds is 7. The average molecular weight is 314 g/mol. The summed E-state index contributed by atoms with van der Waals surface area (Å²) in [7, 11) is -3.44. The van der Waals surface area contributed by atoms with Crippen molar-refractivity contribution in [3.63, 3.8) is 0 Å². The fraction of sp³-hybridized carbons (Fsp3) is 0.786. The second kappa shape index (κ2) is 6.89. The van der Waals surface area contributed by atoms with Crippen molar-refractivity contribution in [1.29, 1.82) is 0 Å². The number of nitrogens with zero attached hydrogens (tertiary/aromatic N) is 2. The van der Waals surface area contributed by atoms with Crippen molar-refractivity contribution in [2.24, 2.45) is 5.92 Å². The highest BCUT2D eigenvalue weighted by Crippen LogP contribution is 2.28. The topological polar surface area (TPSA) is 78.1 Å². The maximum atomic E-state index is 12.9. The number of aromatic nitrogens is 2. The lowest BCUT2D eigenvalue weighted by Gasteiger charge is -2.17. The second-order valence-electron chi connectivity index (χ2n) is 5.73. The van der Waals surface area contributed by atoms with Crippen molar-refractivity contribution in [1.82, 2.24) is 19.8 Å². The minimum absolute atomic E-state index is 0.364. The Labute approximate surface area is 127 Å². The maximum Gasteiger partial charge on any atom is 0.246 e. The van der Waals surface area contributed by atoms with Crippen LogP contribution in [0.25, 0.3) is 0 Å². The van der Waals surface area contributed by atoms with Gasteiger partial charge in [-0.25, -0.2) is 8.42 Å². The smallest absolute Gasteiger partial charge is 0.246 e. The van der Waals surface area contributed by atoms with Gasteiger partial charge >= 0.3 is 0 Å². The van der Waals surface area contributed by atoms with E-state index < -0.39 is 10.0 Å². The molecule has 1 aliphatic rings. The first-order valence-electron chi connectivity index (χ1n) is 7.75. The number of aromatic amines is 1. The lowest BCUT2D eigenvalue weighted by Crippen LogP contribution is -2.30. The Bertz CT molecular complexity index is 568.